The van der Waals surface area contributed by atoms with Crippen molar-refractivity contribution in [1.29, 1.82) is 0 Å². The Labute approximate surface area is 145 Å². The molecule has 1 atom stereocenters. The maximum Gasteiger partial charge on any atom is 0.331 e. The van der Waals surface area contributed by atoms with E-state index < -0.39 is 6.04 Å². The van der Waals surface area contributed by atoms with E-state index in [-0.39, 0.29) is 18.5 Å². The van der Waals surface area contributed by atoms with Gasteiger partial charge >= 0.3 is 5.97 Å². The lowest BCUT2D eigenvalue weighted by Crippen LogP contribution is -2.20. The molecule has 2 N–H and O–H groups in total. The molecule has 7 nitrogen and oxygen atoms in total. The number of nitrogen functional groups attached to an aromatic ring is 1. The molecule has 0 saturated heterocycles. The normalized spacial score (nSPS) is 12.5. The van der Waals surface area contributed by atoms with Gasteiger partial charge in [0.25, 0.3) is 0 Å². The number of hydrogen-bond acceptors (Lipinski definition) is 6. The number of nitrogens with two attached hydrogens (primary N) is 1. The van der Waals surface area contributed by atoms with Crippen molar-refractivity contribution in [1.82, 2.24) is 19.7 Å². The van der Waals surface area contributed by atoms with Crippen LogP contribution in [-0.2, 0) is 16.1 Å². The van der Waals surface area contributed by atoms with Crippen molar-refractivity contribution in [3.05, 3.63) is 47.9 Å². The molecular weight excluding hydrogens is 318 g/mol. The minimum Gasteiger partial charge on any atom is -0.459 e. The van der Waals surface area contributed by atoms with Gasteiger partial charge in [-0.2, -0.15) is 5.10 Å². The van der Waals surface area contributed by atoms with Crippen molar-refractivity contribution in [2.75, 3.05) is 5.73 Å². The highest BCUT2D eigenvalue weighted by Gasteiger charge is 2.25. The summed E-state index contributed by atoms with van der Waals surface area (Å²) in [7, 11) is 0. The van der Waals surface area contributed by atoms with E-state index in [1.54, 1.807) is 11.6 Å². The van der Waals surface area contributed by atoms with E-state index in [9.17, 15) is 4.79 Å². The molecule has 0 aliphatic rings. The van der Waals surface area contributed by atoms with Crippen LogP contribution in [0.2, 0.25) is 0 Å². The lowest BCUT2D eigenvalue weighted by molar-refractivity contribution is -0.148. The molecule has 0 aliphatic heterocycles. The van der Waals surface area contributed by atoms with Crippen molar-refractivity contribution in [3.8, 4) is 0 Å². The maximum atomic E-state index is 12.5. The third-order valence-corrected chi connectivity index (χ3v) is 4.02. The minimum atomic E-state index is -0.618. The first-order valence-corrected chi connectivity index (χ1v) is 8.18. The predicted molar refractivity (Wildman–Crippen MR) is 94.8 cm³/mol. The molecule has 0 aliphatic carbocycles. The molecular formula is C18H21N5O2. The molecule has 3 aromatic rings. The van der Waals surface area contributed by atoms with Crippen molar-refractivity contribution in [3.63, 3.8) is 0 Å². The SMILES string of the molecule is CC(C)c1nn(C(C)C(=O)OCc2ccccc2)c2ncnc(N)c12. The van der Waals surface area contributed by atoms with Crippen LogP contribution in [0, 0.1) is 0 Å². The smallest absolute Gasteiger partial charge is 0.331 e. The Morgan fingerprint density at radius 1 is 1.20 bits per heavy atom. The Morgan fingerprint density at radius 2 is 1.92 bits per heavy atom. The van der Waals surface area contributed by atoms with Crippen LogP contribution in [0.15, 0.2) is 36.7 Å². The van der Waals surface area contributed by atoms with Gasteiger partial charge in [0.05, 0.1) is 11.1 Å². The van der Waals surface area contributed by atoms with E-state index in [1.165, 1.54) is 6.33 Å². The fourth-order valence-electron chi connectivity index (χ4n) is 2.65. The van der Waals surface area contributed by atoms with Gasteiger partial charge in [0, 0.05) is 0 Å². The topological polar surface area (TPSA) is 95.9 Å². The molecule has 130 valence electrons. The van der Waals surface area contributed by atoms with Gasteiger partial charge in [0.15, 0.2) is 5.65 Å². The van der Waals surface area contributed by atoms with Gasteiger partial charge in [-0.3, -0.25) is 0 Å². The molecule has 1 aromatic carbocycles. The summed E-state index contributed by atoms with van der Waals surface area (Å²) in [6.45, 7) is 5.98. The van der Waals surface area contributed by atoms with E-state index in [0.29, 0.717) is 16.9 Å². The molecule has 7 heteroatoms. The molecule has 3 rings (SSSR count). The second-order valence-electron chi connectivity index (χ2n) is 6.21. The van der Waals surface area contributed by atoms with Crippen molar-refractivity contribution >= 4 is 22.8 Å². The van der Waals surface area contributed by atoms with Crippen LogP contribution in [0.4, 0.5) is 5.82 Å². The van der Waals surface area contributed by atoms with Gasteiger partial charge in [-0.05, 0) is 18.4 Å². The number of carbonyl (C=O) groups excluding carboxylic acids is 1. The predicted octanol–water partition coefficient (Wildman–Crippen LogP) is 2.84. The summed E-state index contributed by atoms with van der Waals surface area (Å²) in [4.78, 5) is 20.8. The van der Waals surface area contributed by atoms with Crippen LogP contribution < -0.4 is 5.73 Å². The second kappa shape index (κ2) is 6.88. The zero-order valence-corrected chi connectivity index (χ0v) is 14.5. The number of esters is 1. The highest BCUT2D eigenvalue weighted by atomic mass is 16.5. The number of ether oxygens (including phenoxy) is 1. The summed E-state index contributed by atoms with van der Waals surface area (Å²) in [6.07, 6.45) is 1.38. The highest BCUT2D eigenvalue weighted by molar-refractivity contribution is 5.89. The Kier molecular flexibility index (Phi) is 4.65. The average Bonchev–Trinajstić information content (AvgIpc) is 3.01. The minimum absolute atomic E-state index is 0.129. The summed E-state index contributed by atoms with van der Waals surface area (Å²) in [5, 5.41) is 5.25. The Hall–Kier alpha value is -2.96. The molecule has 1 unspecified atom stereocenters. The number of nitrogens with zero attached hydrogens (tertiary/aromatic N) is 4. The number of carbonyl (C=O) groups is 1. The summed E-state index contributed by atoms with van der Waals surface area (Å²) >= 11 is 0. The molecule has 0 spiro atoms. The van der Waals surface area contributed by atoms with Gasteiger partial charge in [-0.25, -0.2) is 19.4 Å². The van der Waals surface area contributed by atoms with Crippen LogP contribution in [0.25, 0.3) is 11.0 Å². The molecule has 2 aromatic heterocycles. The first-order valence-electron chi connectivity index (χ1n) is 8.18. The monoisotopic (exact) mass is 339 g/mol. The van der Waals surface area contributed by atoms with Gasteiger partial charge in [0.1, 0.15) is 24.8 Å². The molecule has 0 fully saturated rings. The van der Waals surface area contributed by atoms with Crippen LogP contribution in [0.3, 0.4) is 0 Å². The lowest BCUT2D eigenvalue weighted by Gasteiger charge is -2.12. The third-order valence-electron chi connectivity index (χ3n) is 4.02. The van der Waals surface area contributed by atoms with E-state index in [0.717, 1.165) is 11.3 Å². The van der Waals surface area contributed by atoms with Gasteiger partial charge in [-0.15, -0.1) is 0 Å². The Bertz CT molecular complexity index is 889. The average molecular weight is 339 g/mol. The zero-order valence-electron chi connectivity index (χ0n) is 14.5. The third kappa shape index (κ3) is 3.31. The van der Waals surface area contributed by atoms with Gasteiger partial charge in [-0.1, -0.05) is 44.2 Å². The molecule has 2 heterocycles. The number of aromatic nitrogens is 4. The zero-order chi connectivity index (χ0) is 18.0. The molecule has 0 bridgehead atoms. The number of fused-ring (bicyclic) bond motifs is 1. The summed E-state index contributed by atoms with van der Waals surface area (Å²) in [5.41, 5.74) is 8.25. The quantitative estimate of drug-likeness (QED) is 0.718. The summed E-state index contributed by atoms with van der Waals surface area (Å²) in [5.74, 6) is 0.120. The summed E-state index contributed by atoms with van der Waals surface area (Å²) < 4.78 is 6.98. The number of rotatable bonds is 5. The number of benzene rings is 1. The van der Waals surface area contributed by atoms with E-state index in [1.807, 2.05) is 44.2 Å². The van der Waals surface area contributed by atoms with E-state index >= 15 is 0 Å². The Morgan fingerprint density at radius 3 is 2.60 bits per heavy atom. The maximum absolute atomic E-state index is 12.5. The molecule has 0 amide bonds. The molecule has 0 radical (unpaired) electrons. The van der Waals surface area contributed by atoms with Gasteiger partial charge in [0.2, 0.25) is 0 Å². The van der Waals surface area contributed by atoms with Crippen LogP contribution in [0.1, 0.15) is 44.0 Å². The lowest BCUT2D eigenvalue weighted by atomic mass is 10.1. The second-order valence-corrected chi connectivity index (χ2v) is 6.21. The van der Waals surface area contributed by atoms with Crippen molar-refractivity contribution in [2.24, 2.45) is 0 Å². The Balaban J connectivity index is 1.88. The number of hydrogen-bond donors (Lipinski definition) is 1. The summed E-state index contributed by atoms with van der Waals surface area (Å²) in [6, 6.07) is 8.93. The first-order chi connectivity index (χ1) is 12.0. The number of anilines is 1. The van der Waals surface area contributed by atoms with Gasteiger partial charge < -0.3 is 10.5 Å². The van der Waals surface area contributed by atoms with Crippen molar-refractivity contribution in [2.45, 2.75) is 39.3 Å². The van der Waals surface area contributed by atoms with E-state index in [2.05, 4.69) is 15.1 Å². The van der Waals surface area contributed by atoms with Crippen LogP contribution in [-0.4, -0.2) is 25.7 Å². The van der Waals surface area contributed by atoms with Crippen LogP contribution >= 0.6 is 0 Å². The standard InChI is InChI=1S/C18H21N5O2/c1-11(2)15-14-16(19)20-10-21-17(14)23(22-15)12(3)18(24)25-9-13-7-5-4-6-8-13/h4-8,10-12H,9H2,1-3H3,(H2,19,20,21). The molecule has 0 saturated carbocycles. The van der Waals surface area contributed by atoms with E-state index in [4.69, 9.17) is 10.5 Å². The molecule has 25 heavy (non-hydrogen) atoms. The first kappa shape index (κ1) is 16.9. The fraction of sp³-hybridized carbons (Fsp3) is 0.333. The highest BCUT2D eigenvalue weighted by Crippen LogP contribution is 2.29. The van der Waals surface area contributed by atoms with Crippen molar-refractivity contribution < 1.29 is 9.53 Å². The fourth-order valence-corrected chi connectivity index (χ4v) is 2.65. The largest absolute Gasteiger partial charge is 0.459 e. The van der Waals surface area contributed by atoms with Crippen LogP contribution in [0.5, 0.6) is 0 Å².